The number of rotatable bonds is 1. The van der Waals surface area contributed by atoms with Gasteiger partial charge in [0.1, 0.15) is 0 Å². The van der Waals surface area contributed by atoms with Crippen LogP contribution in [0.1, 0.15) is 98.8 Å². The molecule has 10 atom stereocenters. The molecule has 0 aromatic rings. The molecular weight excluding hydrogens is 382 g/mol. The van der Waals surface area contributed by atoms with Crippen molar-refractivity contribution in [1.82, 2.24) is 0 Å². The van der Waals surface area contributed by atoms with E-state index in [1.165, 1.54) is 24.8 Å². The first kappa shape index (κ1) is 22.4. The zero-order valence-corrected chi connectivity index (χ0v) is 20.7. The van der Waals surface area contributed by atoms with E-state index in [1.54, 1.807) is 0 Å². The first-order chi connectivity index (χ1) is 14.3. The lowest BCUT2D eigenvalue weighted by Crippen LogP contribution is -2.74. The molecule has 5 saturated carbocycles. The molecule has 3 heteroatoms. The van der Waals surface area contributed by atoms with Crippen LogP contribution in [0.15, 0.2) is 12.2 Å². The molecule has 0 amide bonds. The molecular formula is C28H47NO2. The number of allylic oxidation sites excluding steroid dienone is 1. The molecule has 5 rings (SSSR count). The minimum Gasteiger partial charge on any atom is -0.393 e. The van der Waals surface area contributed by atoms with E-state index >= 15 is 0 Å². The van der Waals surface area contributed by atoms with Gasteiger partial charge < -0.3 is 15.9 Å². The Bertz CT molecular complexity index is 777. The summed E-state index contributed by atoms with van der Waals surface area (Å²) in [5.74, 6) is 2.30. The molecule has 0 spiro atoms. The van der Waals surface area contributed by atoms with Gasteiger partial charge in [0.15, 0.2) is 0 Å². The summed E-state index contributed by atoms with van der Waals surface area (Å²) in [6.07, 6.45) is 10.4. The molecule has 31 heavy (non-hydrogen) atoms. The van der Waals surface area contributed by atoms with Crippen molar-refractivity contribution >= 4 is 0 Å². The molecule has 5 fully saturated rings. The van der Waals surface area contributed by atoms with E-state index in [4.69, 9.17) is 5.73 Å². The molecule has 5 unspecified atom stereocenters. The fraction of sp³-hybridized carbons (Fsp3) is 0.929. The first-order valence-electron chi connectivity index (χ1n) is 13.2. The van der Waals surface area contributed by atoms with Gasteiger partial charge in [-0.3, -0.25) is 0 Å². The number of nitrogens with two attached hydrogens (primary N) is 1. The maximum atomic E-state index is 11.7. The zero-order valence-electron chi connectivity index (χ0n) is 20.7. The van der Waals surface area contributed by atoms with E-state index in [2.05, 4.69) is 41.2 Å². The maximum Gasteiger partial charge on any atom is 0.0685 e. The summed E-state index contributed by atoms with van der Waals surface area (Å²) in [7, 11) is 0. The predicted molar refractivity (Wildman–Crippen MR) is 126 cm³/mol. The minimum atomic E-state index is -0.529. The van der Waals surface area contributed by atoms with Gasteiger partial charge >= 0.3 is 0 Å². The van der Waals surface area contributed by atoms with Gasteiger partial charge in [-0.15, -0.1) is 0 Å². The second kappa shape index (κ2) is 6.60. The third-order valence-electron chi connectivity index (χ3n) is 12.5. The van der Waals surface area contributed by atoms with Crippen molar-refractivity contribution in [1.29, 1.82) is 0 Å². The molecule has 0 radical (unpaired) electrons. The van der Waals surface area contributed by atoms with Gasteiger partial charge in [-0.1, -0.05) is 39.8 Å². The Morgan fingerprint density at radius 1 is 0.871 bits per heavy atom. The quantitative estimate of drug-likeness (QED) is 0.486. The predicted octanol–water partition coefficient (Wildman–Crippen LogP) is 5.44. The Balaban J connectivity index is 1.54. The Kier molecular flexibility index (Phi) is 4.77. The second-order valence-corrected chi connectivity index (χ2v) is 13.8. The average molecular weight is 430 g/mol. The molecule has 3 nitrogen and oxygen atoms in total. The molecule has 0 aliphatic heterocycles. The van der Waals surface area contributed by atoms with Crippen molar-refractivity contribution in [2.45, 2.75) is 116 Å². The van der Waals surface area contributed by atoms with Crippen molar-refractivity contribution < 1.29 is 10.2 Å². The van der Waals surface area contributed by atoms with Crippen LogP contribution in [-0.4, -0.2) is 27.5 Å². The lowest BCUT2D eigenvalue weighted by molar-refractivity contribution is -0.229. The van der Waals surface area contributed by atoms with Gasteiger partial charge in [-0.05, 0) is 117 Å². The van der Waals surface area contributed by atoms with E-state index in [9.17, 15) is 10.2 Å². The summed E-state index contributed by atoms with van der Waals surface area (Å²) in [6, 6.07) is 0. The van der Waals surface area contributed by atoms with E-state index in [0.29, 0.717) is 23.7 Å². The molecule has 0 bridgehead atoms. The average Bonchev–Trinajstić information content (AvgIpc) is 3.04. The third-order valence-corrected chi connectivity index (χ3v) is 12.5. The van der Waals surface area contributed by atoms with Crippen molar-refractivity contribution in [2.75, 3.05) is 0 Å². The van der Waals surface area contributed by atoms with E-state index in [-0.39, 0.29) is 33.8 Å². The van der Waals surface area contributed by atoms with Crippen LogP contribution in [0.25, 0.3) is 0 Å². The summed E-state index contributed by atoms with van der Waals surface area (Å²) in [5, 5.41) is 22.5. The van der Waals surface area contributed by atoms with E-state index < -0.39 is 5.60 Å². The molecule has 0 aromatic carbocycles. The normalized spacial score (nSPS) is 57.9. The van der Waals surface area contributed by atoms with Crippen LogP contribution in [0.2, 0.25) is 0 Å². The van der Waals surface area contributed by atoms with Crippen LogP contribution in [-0.2, 0) is 0 Å². The molecule has 5 aliphatic carbocycles. The van der Waals surface area contributed by atoms with Crippen LogP contribution in [0.4, 0.5) is 0 Å². The number of hydrogen-bond donors (Lipinski definition) is 3. The standard InChI is InChI=1S/C28H47NO2/c1-17(2)18-9-14-27(31)15-16-28(29)19(23(18)27)7-8-21-25(5)12-11-22(30)24(3,4)20(25)10-13-26(21,28)6/h18-23,30-31H,1,7-16,29H2,2-6H3/t18-,19?,20?,21?,22?,23?,25-,26+,27-,28-/m0/s1. The topological polar surface area (TPSA) is 66.5 Å². The summed E-state index contributed by atoms with van der Waals surface area (Å²) in [5.41, 5.74) is 8.49. The monoisotopic (exact) mass is 429 g/mol. The molecule has 0 saturated heterocycles. The first-order valence-corrected chi connectivity index (χ1v) is 13.2. The van der Waals surface area contributed by atoms with Crippen molar-refractivity contribution in [3.05, 3.63) is 12.2 Å². The van der Waals surface area contributed by atoms with Crippen LogP contribution >= 0.6 is 0 Å². The lowest BCUT2D eigenvalue weighted by atomic mass is 9.34. The van der Waals surface area contributed by atoms with Gasteiger partial charge in [0.05, 0.1) is 11.7 Å². The van der Waals surface area contributed by atoms with Gasteiger partial charge in [0.2, 0.25) is 0 Å². The highest BCUT2D eigenvalue weighted by molar-refractivity contribution is 5.25. The second-order valence-electron chi connectivity index (χ2n) is 13.8. The molecule has 176 valence electrons. The molecule has 0 heterocycles. The van der Waals surface area contributed by atoms with Gasteiger partial charge in [0, 0.05) is 5.54 Å². The Morgan fingerprint density at radius 2 is 1.58 bits per heavy atom. The Hall–Kier alpha value is -0.380. The third kappa shape index (κ3) is 2.63. The van der Waals surface area contributed by atoms with Crippen molar-refractivity contribution in [2.24, 2.45) is 51.6 Å². The van der Waals surface area contributed by atoms with Crippen LogP contribution in [0, 0.1) is 45.8 Å². The Labute approximate surface area is 190 Å². The number of aliphatic hydroxyl groups excluding tert-OH is 1. The van der Waals surface area contributed by atoms with Crippen LogP contribution in [0.3, 0.4) is 0 Å². The molecule has 4 N–H and O–H groups in total. The number of hydrogen-bond acceptors (Lipinski definition) is 3. The largest absolute Gasteiger partial charge is 0.393 e. The van der Waals surface area contributed by atoms with Crippen molar-refractivity contribution in [3.63, 3.8) is 0 Å². The SMILES string of the molecule is C=C(C)[C@@H]1CC[C@]2(O)CC[C@]3(N)C(CCC4[C@@]5(C)CCC(O)C(C)(C)C5CC[C@]43C)C12. The maximum absolute atomic E-state index is 11.7. The number of fused-ring (bicyclic) bond motifs is 7. The minimum absolute atomic E-state index is 0.0176. The van der Waals surface area contributed by atoms with E-state index in [1.807, 2.05) is 0 Å². The van der Waals surface area contributed by atoms with Crippen LogP contribution in [0.5, 0.6) is 0 Å². The summed E-state index contributed by atoms with van der Waals surface area (Å²) in [6.45, 7) is 16.2. The summed E-state index contributed by atoms with van der Waals surface area (Å²) >= 11 is 0. The molecule has 5 aliphatic rings. The smallest absolute Gasteiger partial charge is 0.0685 e. The van der Waals surface area contributed by atoms with Gasteiger partial charge in [-0.2, -0.15) is 0 Å². The highest BCUT2D eigenvalue weighted by Gasteiger charge is 2.71. The van der Waals surface area contributed by atoms with Crippen LogP contribution < -0.4 is 5.73 Å². The summed E-state index contributed by atoms with van der Waals surface area (Å²) in [4.78, 5) is 0. The van der Waals surface area contributed by atoms with Gasteiger partial charge in [-0.25, -0.2) is 0 Å². The van der Waals surface area contributed by atoms with E-state index in [0.717, 1.165) is 44.9 Å². The van der Waals surface area contributed by atoms with Gasteiger partial charge in [0.25, 0.3) is 0 Å². The summed E-state index contributed by atoms with van der Waals surface area (Å²) < 4.78 is 0. The zero-order chi connectivity index (χ0) is 22.6. The fourth-order valence-corrected chi connectivity index (χ4v) is 10.8. The Morgan fingerprint density at radius 3 is 2.26 bits per heavy atom. The lowest BCUT2D eigenvalue weighted by Gasteiger charge is -2.72. The fourth-order valence-electron chi connectivity index (χ4n) is 10.8. The highest BCUT2D eigenvalue weighted by Crippen LogP contribution is 2.73. The van der Waals surface area contributed by atoms with Crippen molar-refractivity contribution in [3.8, 4) is 0 Å². The highest BCUT2D eigenvalue weighted by atomic mass is 16.3. The molecule has 0 aromatic heterocycles. The number of aliphatic hydroxyl groups is 2.